The second kappa shape index (κ2) is 10.8. The quantitative estimate of drug-likeness (QED) is 0.511. The van der Waals surface area contributed by atoms with Crippen LogP contribution in [0.15, 0.2) is 53.9 Å². The summed E-state index contributed by atoms with van der Waals surface area (Å²) in [5, 5.41) is 5.41. The fraction of sp³-hybridized carbons (Fsp3) is 0.304. The van der Waals surface area contributed by atoms with Crippen LogP contribution in [0, 0.1) is 0 Å². The Labute approximate surface area is 181 Å². The first-order valence-electron chi connectivity index (χ1n) is 9.87. The lowest BCUT2D eigenvalue weighted by Gasteiger charge is -2.20. The average molecular weight is 426 g/mol. The van der Waals surface area contributed by atoms with Crippen molar-refractivity contribution in [1.82, 2.24) is 9.88 Å². The highest BCUT2D eigenvalue weighted by Gasteiger charge is 2.15. The van der Waals surface area contributed by atoms with Gasteiger partial charge >= 0.3 is 0 Å². The summed E-state index contributed by atoms with van der Waals surface area (Å²) in [7, 11) is 3.23. The van der Waals surface area contributed by atoms with Crippen LogP contribution in [0.1, 0.15) is 18.9 Å². The van der Waals surface area contributed by atoms with Gasteiger partial charge in [-0.25, -0.2) is 4.98 Å². The minimum absolute atomic E-state index is 0.0676. The molecule has 30 heavy (non-hydrogen) atoms. The maximum absolute atomic E-state index is 12.6. The van der Waals surface area contributed by atoms with E-state index in [1.54, 1.807) is 14.2 Å². The third-order valence-corrected chi connectivity index (χ3v) is 5.35. The molecule has 0 fully saturated rings. The van der Waals surface area contributed by atoms with Crippen molar-refractivity contribution < 1.29 is 14.3 Å². The van der Waals surface area contributed by atoms with Gasteiger partial charge in [0.15, 0.2) is 5.13 Å². The van der Waals surface area contributed by atoms with E-state index in [1.807, 2.05) is 41.8 Å². The number of carbonyl (C=O) groups is 1. The molecule has 0 spiro atoms. The number of benzene rings is 2. The zero-order valence-corrected chi connectivity index (χ0v) is 18.4. The highest BCUT2D eigenvalue weighted by atomic mass is 32.1. The summed E-state index contributed by atoms with van der Waals surface area (Å²) in [4.78, 5) is 19.3. The van der Waals surface area contributed by atoms with E-state index in [-0.39, 0.29) is 5.91 Å². The van der Waals surface area contributed by atoms with E-state index in [4.69, 9.17) is 9.47 Å². The smallest absolute Gasteiger partial charge is 0.240 e. The topological polar surface area (TPSA) is 63.7 Å². The van der Waals surface area contributed by atoms with Crippen LogP contribution < -0.4 is 14.8 Å². The van der Waals surface area contributed by atoms with E-state index in [0.717, 1.165) is 30.8 Å². The number of amides is 1. The van der Waals surface area contributed by atoms with Crippen molar-refractivity contribution in [1.29, 1.82) is 0 Å². The Morgan fingerprint density at radius 2 is 1.93 bits per heavy atom. The standard InChI is InChI=1S/C23H27N3O3S/c1-4-12-26(14-17-8-6-5-7-9-17)15-22(27)25-23-24-20(16-30-23)19-11-10-18(28-2)13-21(19)29-3/h5-11,13,16H,4,12,14-15H2,1-3H3,(H,24,25,27). The molecule has 3 aromatic rings. The largest absolute Gasteiger partial charge is 0.497 e. The highest BCUT2D eigenvalue weighted by molar-refractivity contribution is 7.14. The molecule has 1 N–H and O–H groups in total. The first-order chi connectivity index (χ1) is 14.6. The van der Waals surface area contributed by atoms with Crippen LogP contribution in [0.25, 0.3) is 11.3 Å². The van der Waals surface area contributed by atoms with E-state index in [9.17, 15) is 4.79 Å². The van der Waals surface area contributed by atoms with Gasteiger partial charge in [0.1, 0.15) is 11.5 Å². The summed E-state index contributed by atoms with van der Waals surface area (Å²) in [5.41, 5.74) is 2.80. The molecule has 1 heterocycles. The van der Waals surface area contributed by atoms with Gasteiger partial charge in [0.2, 0.25) is 5.91 Å². The van der Waals surface area contributed by atoms with Crippen LogP contribution in [-0.2, 0) is 11.3 Å². The van der Waals surface area contributed by atoms with Gasteiger partial charge in [0.05, 0.1) is 26.5 Å². The lowest BCUT2D eigenvalue weighted by Crippen LogP contribution is -2.33. The van der Waals surface area contributed by atoms with Crippen molar-refractivity contribution in [3.63, 3.8) is 0 Å². The minimum Gasteiger partial charge on any atom is -0.497 e. The molecule has 2 aromatic carbocycles. The molecule has 0 saturated carbocycles. The molecule has 3 rings (SSSR count). The van der Waals surface area contributed by atoms with E-state index >= 15 is 0 Å². The Morgan fingerprint density at radius 1 is 1.13 bits per heavy atom. The number of anilines is 1. The number of nitrogens with zero attached hydrogens (tertiary/aromatic N) is 2. The summed E-state index contributed by atoms with van der Waals surface area (Å²) < 4.78 is 10.7. The van der Waals surface area contributed by atoms with E-state index < -0.39 is 0 Å². The molecule has 0 aliphatic rings. The molecule has 158 valence electrons. The molecule has 0 aliphatic heterocycles. The molecule has 0 unspecified atom stereocenters. The Hall–Kier alpha value is -2.90. The van der Waals surface area contributed by atoms with Gasteiger partial charge in [-0.1, -0.05) is 37.3 Å². The summed E-state index contributed by atoms with van der Waals surface area (Å²) >= 11 is 1.40. The van der Waals surface area contributed by atoms with Crippen molar-refractivity contribution >= 4 is 22.4 Å². The molecule has 0 radical (unpaired) electrons. The summed E-state index contributed by atoms with van der Waals surface area (Å²) in [6.07, 6.45) is 0.985. The molecule has 1 amide bonds. The number of methoxy groups -OCH3 is 2. The van der Waals surface area contributed by atoms with Crippen molar-refractivity contribution in [2.24, 2.45) is 0 Å². The van der Waals surface area contributed by atoms with Gasteiger partial charge in [0.25, 0.3) is 0 Å². The molecule has 0 saturated heterocycles. The SMILES string of the molecule is CCCN(CC(=O)Nc1nc(-c2ccc(OC)cc2OC)cs1)Cc1ccccc1. The number of thiazole rings is 1. The van der Waals surface area contributed by atoms with Crippen LogP contribution >= 0.6 is 11.3 Å². The molecule has 0 aliphatic carbocycles. The van der Waals surface area contributed by atoms with Gasteiger partial charge in [-0.2, -0.15) is 0 Å². The number of carbonyl (C=O) groups excluding carboxylic acids is 1. The van der Waals surface area contributed by atoms with Crippen LogP contribution in [-0.4, -0.2) is 43.1 Å². The molecule has 7 heteroatoms. The maximum Gasteiger partial charge on any atom is 0.240 e. The fourth-order valence-corrected chi connectivity index (χ4v) is 3.93. The summed E-state index contributed by atoms with van der Waals surface area (Å²) in [6, 6.07) is 15.8. The third kappa shape index (κ3) is 5.81. The monoisotopic (exact) mass is 425 g/mol. The van der Waals surface area contributed by atoms with E-state index in [1.165, 1.54) is 16.9 Å². The first kappa shape index (κ1) is 21.8. The Morgan fingerprint density at radius 3 is 2.63 bits per heavy atom. The van der Waals surface area contributed by atoms with Crippen molar-refractivity contribution in [2.45, 2.75) is 19.9 Å². The third-order valence-electron chi connectivity index (χ3n) is 4.59. The molecule has 0 atom stereocenters. The number of rotatable bonds is 10. The Kier molecular flexibility index (Phi) is 7.82. The molecule has 6 nitrogen and oxygen atoms in total. The van der Waals surface area contributed by atoms with Crippen molar-refractivity contribution in [3.8, 4) is 22.8 Å². The van der Waals surface area contributed by atoms with Gasteiger partial charge in [-0.15, -0.1) is 11.3 Å². The minimum atomic E-state index is -0.0676. The lowest BCUT2D eigenvalue weighted by atomic mass is 10.1. The zero-order chi connectivity index (χ0) is 21.3. The van der Waals surface area contributed by atoms with E-state index in [0.29, 0.717) is 23.2 Å². The fourth-order valence-electron chi connectivity index (χ4n) is 3.20. The van der Waals surface area contributed by atoms with Gasteiger partial charge < -0.3 is 14.8 Å². The van der Waals surface area contributed by atoms with Gasteiger partial charge in [0, 0.05) is 23.6 Å². The lowest BCUT2D eigenvalue weighted by molar-refractivity contribution is -0.117. The number of hydrogen-bond donors (Lipinski definition) is 1. The zero-order valence-electron chi connectivity index (χ0n) is 17.6. The van der Waals surface area contributed by atoms with Gasteiger partial charge in [-0.05, 0) is 30.7 Å². The van der Waals surface area contributed by atoms with Crippen LogP contribution in [0.5, 0.6) is 11.5 Å². The molecular formula is C23H27N3O3S. The number of aromatic nitrogens is 1. The molecular weight excluding hydrogens is 398 g/mol. The Bertz CT molecular complexity index is 959. The Balaban J connectivity index is 1.65. The van der Waals surface area contributed by atoms with Gasteiger partial charge in [-0.3, -0.25) is 9.69 Å². The predicted molar refractivity (Wildman–Crippen MR) is 121 cm³/mol. The maximum atomic E-state index is 12.6. The van der Waals surface area contributed by atoms with Crippen LogP contribution in [0.2, 0.25) is 0 Å². The molecule has 1 aromatic heterocycles. The highest BCUT2D eigenvalue weighted by Crippen LogP contribution is 2.34. The van der Waals surface area contributed by atoms with Crippen LogP contribution in [0.4, 0.5) is 5.13 Å². The average Bonchev–Trinajstić information content (AvgIpc) is 3.22. The second-order valence-corrected chi connectivity index (χ2v) is 7.71. The van der Waals surface area contributed by atoms with E-state index in [2.05, 4.69) is 34.3 Å². The predicted octanol–water partition coefficient (Wildman–Crippen LogP) is 4.68. The number of hydrogen-bond acceptors (Lipinski definition) is 6. The van der Waals surface area contributed by atoms with Crippen molar-refractivity contribution in [3.05, 3.63) is 59.5 Å². The summed E-state index contributed by atoms with van der Waals surface area (Å²) in [6.45, 7) is 4.04. The molecule has 0 bridgehead atoms. The normalized spacial score (nSPS) is 10.8. The second-order valence-electron chi connectivity index (χ2n) is 6.85. The summed E-state index contributed by atoms with van der Waals surface area (Å²) in [5.74, 6) is 1.32. The number of ether oxygens (including phenoxy) is 2. The first-order valence-corrected chi connectivity index (χ1v) is 10.7. The van der Waals surface area contributed by atoms with Crippen LogP contribution in [0.3, 0.4) is 0 Å². The number of nitrogens with one attached hydrogen (secondary N) is 1. The van der Waals surface area contributed by atoms with Crippen molar-refractivity contribution in [2.75, 3.05) is 32.6 Å².